The van der Waals surface area contributed by atoms with Gasteiger partial charge in [-0.05, 0) is 99.1 Å². The van der Waals surface area contributed by atoms with Gasteiger partial charge >= 0.3 is 6.18 Å². The Morgan fingerprint density at radius 1 is 0.962 bits per heavy atom. The number of amides is 2. The Morgan fingerprint density at radius 2 is 1.69 bits per heavy atom. The molecule has 2 amide bonds. The predicted molar refractivity (Wildman–Crippen MR) is 193 cm³/mol. The minimum Gasteiger partial charge on any atom is -0.372 e. The number of likely N-dealkylation sites (tertiary alicyclic amines) is 2. The fraction of sp³-hybridized carbons (Fsp3) is 0.447. The number of nitrogens with zero attached hydrogens (tertiary/aromatic N) is 6. The molecule has 2 aromatic heterocycles. The normalized spacial score (nSPS) is 18.3. The lowest BCUT2D eigenvalue weighted by molar-refractivity contribution is -0.137. The van der Waals surface area contributed by atoms with Gasteiger partial charge in [-0.1, -0.05) is 12.1 Å². The molecular formula is C38H43F3N8O3. The molecule has 3 aliphatic rings. The van der Waals surface area contributed by atoms with Crippen molar-refractivity contribution < 1.29 is 22.8 Å². The highest BCUT2D eigenvalue weighted by atomic mass is 19.4. The average Bonchev–Trinajstić information content (AvgIpc) is 3.87. The van der Waals surface area contributed by atoms with E-state index in [-0.39, 0.29) is 41.1 Å². The largest absolute Gasteiger partial charge is 0.417 e. The number of fused-ring (bicyclic) bond motifs is 1. The van der Waals surface area contributed by atoms with Crippen LogP contribution in [-0.4, -0.2) is 82.0 Å². The first-order valence-corrected chi connectivity index (χ1v) is 18.0. The van der Waals surface area contributed by atoms with Crippen molar-refractivity contribution in [2.24, 2.45) is 0 Å². The van der Waals surface area contributed by atoms with E-state index in [0.29, 0.717) is 55.2 Å². The molecule has 3 fully saturated rings. The van der Waals surface area contributed by atoms with Crippen molar-refractivity contribution in [2.45, 2.75) is 70.3 Å². The number of pyridine rings is 1. The van der Waals surface area contributed by atoms with Crippen molar-refractivity contribution in [2.75, 3.05) is 50.0 Å². The summed E-state index contributed by atoms with van der Waals surface area (Å²) >= 11 is 0. The maximum Gasteiger partial charge on any atom is 0.417 e. The van der Waals surface area contributed by atoms with Gasteiger partial charge in [0.25, 0.3) is 5.56 Å². The van der Waals surface area contributed by atoms with E-state index in [2.05, 4.69) is 32.5 Å². The molecule has 1 unspecified atom stereocenters. The molecule has 2 aromatic carbocycles. The second kappa shape index (κ2) is 14.6. The van der Waals surface area contributed by atoms with E-state index in [1.807, 2.05) is 24.3 Å². The van der Waals surface area contributed by atoms with Crippen molar-refractivity contribution in [1.82, 2.24) is 29.7 Å². The fourth-order valence-corrected chi connectivity index (χ4v) is 7.80. The summed E-state index contributed by atoms with van der Waals surface area (Å²) in [6, 6.07) is 13.1. The lowest BCUT2D eigenvalue weighted by atomic mass is 9.94. The number of carbonyl (C=O) groups is 2. The van der Waals surface area contributed by atoms with Gasteiger partial charge in [-0.2, -0.15) is 18.2 Å². The van der Waals surface area contributed by atoms with Gasteiger partial charge in [0.05, 0.1) is 11.6 Å². The first kappa shape index (κ1) is 35.4. The van der Waals surface area contributed by atoms with Crippen molar-refractivity contribution in [3.05, 3.63) is 76.2 Å². The van der Waals surface area contributed by atoms with E-state index in [0.717, 1.165) is 55.1 Å². The number of rotatable bonds is 8. The predicted octanol–water partition coefficient (Wildman–Crippen LogP) is 5.71. The van der Waals surface area contributed by atoms with Gasteiger partial charge < -0.3 is 25.3 Å². The lowest BCUT2D eigenvalue weighted by Gasteiger charge is -2.33. The zero-order chi connectivity index (χ0) is 36.6. The smallest absolute Gasteiger partial charge is 0.372 e. The molecule has 5 heterocycles. The van der Waals surface area contributed by atoms with Crippen molar-refractivity contribution >= 4 is 40.2 Å². The Bertz CT molecular complexity index is 2020. The topological polar surface area (TPSA) is 116 Å². The van der Waals surface area contributed by atoms with Gasteiger partial charge in [-0.25, -0.2) is 4.98 Å². The Hall–Kier alpha value is -4.98. The lowest BCUT2D eigenvalue weighted by Crippen LogP contribution is -2.41. The second-order valence-corrected chi connectivity index (χ2v) is 13.9. The van der Waals surface area contributed by atoms with Crippen molar-refractivity contribution in [3.8, 4) is 11.1 Å². The summed E-state index contributed by atoms with van der Waals surface area (Å²) in [6.07, 6.45) is 1.69. The zero-order valence-electron chi connectivity index (χ0n) is 29.4. The molecule has 11 nitrogen and oxygen atoms in total. The number of nitrogens with one attached hydrogen (secondary N) is 2. The molecule has 3 aliphatic heterocycles. The first-order chi connectivity index (χ1) is 25.0. The molecule has 52 heavy (non-hydrogen) atoms. The van der Waals surface area contributed by atoms with Crippen LogP contribution >= 0.6 is 0 Å². The van der Waals surface area contributed by atoms with E-state index < -0.39 is 23.3 Å². The molecule has 0 saturated carbocycles. The first-order valence-electron chi connectivity index (χ1n) is 18.0. The molecular weight excluding hydrogens is 673 g/mol. The van der Waals surface area contributed by atoms with E-state index >= 15 is 0 Å². The molecule has 2 N–H and O–H groups in total. The summed E-state index contributed by atoms with van der Waals surface area (Å²) < 4.78 is 45.4. The summed E-state index contributed by atoms with van der Waals surface area (Å²) in [7, 11) is 2.09. The average molecular weight is 717 g/mol. The Kier molecular flexibility index (Phi) is 9.92. The van der Waals surface area contributed by atoms with Crippen molar-refractivity contribution in [3.63, 3.8) is 0 Å². The minimum atomic E-state index is -4.80. The van der Waals surface area contributed by atoms with Crippen LogP contribution < -0.4 is 21.1 Å². The van der Waals surface area contributed by atoms with E-state index in [9.17, 15) is 27.6 Å². The van der Waals surface area contributed by atoms with Crippen LogP contribution in [0, 0.1) is 0 Å². The third-order valence-corrected chi connectivity index (χ3v) is 10.6. The second-order valence-electron chi connectivity index (χ2n) is 13.9. The van der Waals surface area contributed by atoms with Gasteiger partial charge in [0.2, 0.25) is 17.8 Å². The van der Waals surface area contributed by atoms with Gasteiger partial charge in [0.1, 0.15) is 12.2 Å². The highest BCUT2D eigenvalue weighted by Gasteiger charge is 2.37. The number of hydrogen-bond donors (Lipinski definition) is 2. The molecule has 0 aliphatic carbocycles. The molecule has 4 aromatic rings. The Morgan fingerprint density at radius 3 is 2.38 bits per heavy atom. The summed E-state index contributed by atoms with van der Waals surface area (Å²) in [4.78, 5) is 54.5. The molecule has 3 saturated heterocycles. The van der Waals surface area contributed by atoms with Crippen LogP contribution in [0.5, 0.6) is 0 Å². The van der Waals surface area contributed by atoms with Crippen LogP contribution in [0.2, 0.25) is 0 Å². The third-order valence-electron chi connectivity index (χ3n) is 10.6. The molecule has 1 atom stereocenters. The summed E-state index contributed by atoms with van der Waals surface area (Å²) in [5.41, 5.74) is 0.00351. The van der Waals surface area contributed by atoms with Crippen LogP contribution in [0.3, 0.4) is 0 Å². The SMILES string of the molecule is CC(=O)N1CCCC1c1ccc(-c2cc3cnc(Nc4ccc(N(C)C5CCNCC5)cc4)nc3n(CC(=O)N3CCCC3)c2=O)c(C(F)(F)F)c1. The van der Waals surface area contributed by atoms with E-state index in [4.69, 9.17) is 0 Å². The van der Waals surface area contributed by atoms with E-state index in [1.54, 1.807) is 15.9 Å². The number of alkyl halides is 3. The van der Waals surface area contributed by atoms with Gasteiger partial charge in [-0.15, -0.1) is 0 Å². The van der Waals surface area contributed by atoms with Crippen LogP contribution in [0.4, 0.5) is 30.5 Å². The quantitative estimate of drug-likeness (QED) is 0.238. The van der Waals surface area contributed by atoms with Crippen LogP contribution in [0.15, 0.2) is 59.5 Å². The number of anilines is 3. The minimum absolute atomic E-state index is 0.134. The molecule has 0 spiro atoms. The number of halogens is 3. The van der Waals surface area contributed by atoms with Gasteiger partial charge in [-0.3, -0.25) is 19.0 Å². The zero-order valence-corrected chi connectivity index (χ0v) is 29.4. The molecule has 0 bridgehead atoms. The van der Waals surface area contributed by atoms with Crippen LogP contribution in [0.1, 0.15) is 62.6 Å². The molecule has 14 heteroatoms. The third kappa shape index (κ3) is 7.21. The number of benzene rings is 2. The van der Waals surface area contributed by atoms with Gasteiger partial charge in [0.15, 0.2) is 0 Å². The number of hydrogen-bond acceptors (Lipinski definition) is 8. The number of aromatic nitrogens is 3. The maximum absolute atomic E-state index is 14.8. The summed E-state index contributed by atoms with van der Waals surface area (Å²) in [6.45, 7) is 4.57. The van der Waals surface area contributed by atoms with Gasteiger partial charge in [0, 0.05) is 68.2 Å². The van der Waals surface area contributed by atoms with E-state index in [1.165, 1.54) is 25.3 Å². The fourth-order valence-electron chi connectivity index (χ4n) is 7.80. The van der Waals surface area contributed by atoms with Crippen LogP contribution in [-0.2, 0) is 22.3 Å². The molecule has 7 rings (SSSR count). The monoisotopic (exact) mass is 716 g/mol. The maximum atomic E-state index is 14.8. The standard InChI is InChI=1S/C38H43F3N8O3/c1-24(50)48-19-5-6-33(48)25-7-12-30(32(21-25)38(39,40)41)31-20-26-22-43-37(45-35(26)49(36(31)52)23-34(51)47-17-3-4-18-47)44-27-8-10-28(11-9-27)46(2)29-13-15-42-16-14-29/h7-12,20-22,29,33,42H,3-6,13-19,23H2,1-2H3,(H,43,44,45). The van der Waals surface area contributed by atoms with Crippen LogP contribution in [0.25, 0.3) is 22.2 Å². The Labute approximate surface area is 299 Å². The summed E-state index contributed by atoms with van der Waals surface area (Å²) in [5, 5.41) is 6.88. The highest BCUT2D eigenvalue weighted by molar-refractivity contribution is 5.85. The molecule has 0 radical (unpaired) electrons. The summed E-state index contributed by atoms with van der Waals surface area (Å²) in [5.74, 6) is -0.337. The van der Waals surface area contributed by atoms with Crippen molar-refractivity contribution in [1.29, 1.82) is 0 Å². The highest BCUT2D eigenvalue weighted by Crippen LogP contribution is 2.41. The number of piperidine rings is 1. The number of carbonyl (C=O) groups excluding carboxylic acids is 2. The Balaban J connectivity index is 1.26. The molecule has 274 valence electrons.